The fraction of sp³-hybridized carbons (Fsp3) is 0.375. The van der Waals surface area contributed by atoms with Gasteiger partial charge in [0.25, 0.3) is 0 Å². The summed E-state index contributed by atoms with van der Waals surface area (Å²) in [5.74, 6) is -0.188. The van der Waals surface area contributed by atoms with Gasteiger partial charge in [-0.25, -0.2) is 4.39 Å². The molecule has 0 bridgehead atoms. The summed E-state index contributed by atoms with van der Waals surface area (Å²) >= 11 is 0. The first-order valence-electron chi connectivity index (χ1n) is 6.93. The molecular weight excluding hydrogens is 255 g/mol. The summed E-state index contributed by atoms with van der Waals surface area (Å²) in [6.45, 7) is 3.50. The number of halogens is 1. The molecule has 0 saturated carbocycles. The number of ether oxygens (including phenoxy) is 1. The van der Waals surface area contributed by atoms with Crippen LogP contribution in [0.25, 0.3) is 10.8 Å². The maximum absolute atomic E-state index is 13.3. The average molecular weight is 274 g/mol. The van der Waals surface area contributed by atoms with E-state index in [0.717, 1.165) is 30.4 Å². The SMILES string of the molecule is COCC1CN(c2cccc3cc(F)ccc23)CCN1. The molecule has 1 atom stereocenters. The van der Waals surface area contributed by atoms with Crippen LogP contribution in [0.2, 0.25) is 0 Å². The Morgan fingerprint density at radius 3 is 3.10 bits per heavy atom. The van der Waals surface area contributed by atoms with E-state index in [1.807, 2.05) is 18.2 Å². The molecule has 3 nitrogen and oxygen atoms in total. The van der Waals surface area contributed by atoms with Gasteiger partial charge in [-0.05, 0) is 29.7 Å². The summed E-state index contributed by atoms with van der Waals surface area (Å²) in [7, 11) is 1.72. The monoisotopic (exact) mass is 274 g/mol. The third-order valence-electron chi connectivity index (χ3n) is 3.78. The Balaban J connectivity index is 1.93. The Morgan fingerprint density at radius 1 is 1.35 bits per heavy atom. The van der Waals surface area contributed by atoms with Gasteiger partial charge in [-0.1, -0.05) is 12.1 Å². The number of nitrogens with one attached hydrogen (secondary N) is 1. The van der Waals surface area contributed by atoms with Crippen LogP contribution in [0.4, 0.5) is 10.1 Å². The summed E-state index contributed by atoms with van der Waals surface area (Å²) < 4.78 is 18.6. The Bertz CT molecular complexity index is 600. The van der Waals surface area contributed by atoms with Gasteiger partial charge in [0.2, 0.25) is 0 Å². The number of nitrogens with zero attached hydrogens (tertiary/aromatic N) is 1. The van der Waals surface area contributed by atoms with E-state index in [1.54, 1.807) is 13.2 Å². The van der Waals surface area contributed by atoms with Gasteiger partial charge in [-0.2, -0.15) is 0 Å². The Labute approximate surface area is 118 Å². The zero-order valence-electron chi connectivity index (χ0n) is 11.6. The number of piperazine rings is 1. The second-order valence-corrected chi connectivity index (χ2v) is 5.20. The van der Waals surface area contributed by atoms with Crippen molar-refractivity contribution >= 4 is 16.5 Å². The standard InChI is InChI=1S/C16H19FN2O/c1-20-11-14-10-19(8-7-18-14)16-4-2-3-12-9-13(17)5-6-15(12)16/h2-6,9,14,18H,7-8,10-11H2,1H3. The molecule has 1 N–H and O–H groups in total. The highest BCUT2D eigenvalue weighted by atomic mass is 19.1. The number of fused-ring (bicyclic) bond motifs is 1. The minimum atomic E-state index is -0.188. The van der Waals surface area contributed by atoms with Crippen LogP contribution in [-0.2, 0) is 4.74 Å². The molecule has 1 aliphatic heterocycles. The van der Waals surface area contributed by atoms with Crippen molar-refractivity contribution in [3.63, 3.8) is 0 Å². The highest BCUT2D eigenvalue weighted by Gasteiger charge is 2.20. The van der Waals surface area contributed by atoms with Crippen molar-refractivity contribution in [3.8, 4) is 0 Å². The number of benzene rings is 2. The molecule has 2 aromatic carbocycles. The second-order valence-electron chi connectivity index (χ2n) is 5.20. The highest BCUT2D eigenvalue weighted by molar-refractivity contribution is 5.94. The largest absolute Gasteiger partial charge is 0.383 e. The number of anilines is 1. The molecule has 0 amide bonds. The van der Waals surface area contributed by atoms with Gasteiger partial charge in [0.05, 0.1) is 6.61 Å². The van der Waals surface area contributed by atoms with E-state index in [2.05, 4.69) is 16.3 Å². The van der Waals surface area contributed by atoms with Crippen molar-refractivity contribution in [3.05, 3.63) is 42.2 Å². The predicted octanol–water partition coefficient (Wildman–Crippen LogP) is 2.40. The van der Waals surface area contributed by atoms with Crippen LogP contribution >= 0.6 is 0 Å². The quantitative estimate of drug-likeness (QED) is 0.930. The molecule has 20 heavy (non-hydrogen) atoms. The molecule has 0 radical (unpaired) electrons. The van der Waals surface area contributed by atoms with Crippen LogP contribution in [0.5, 0.6) is 0 Å². The van der Waals surface area contributed by atoms with Crippen LogP contribution in [0.1, 0.15) is 0 Å². The number of hydrogen-bond acceptors (Lipinski definition) is 3. The van der Waals surface area contributed by atoms with E-state index >= 15 is 0 Å². The minimum Gasteiger partial charge on any atom is -0.383 e. The van der Waals surface area contributed by atoms with Crippen molar-refractivity contribution in [1.82, 2.24) is 5.32 Å². The number of hydrogen-bond donors (Lipinski definition) is 1. The lowest BCUT2D eigenvalue weighted by Gasteiger charge is -2.35. The van der Waals surface area contributed by atoms with Crippen LogP contribution in [0.15, 0.2) is 36.4 Å². The molecule has 1 saturated heterocycles. The Morgan fingerprint density at radius 2 is 2.25 bits per heavy atom. The zero-order valence-corrected chi connectivity index (χ0v) is 11.6. The van der Waals surface area contributed by atoms with Gasteiger partial charge in [-0.3, -0.25) is 0 Å². The Hall–Kier alpha value is -1.65. The molecule has 106 valence electrons. The van der Waals surface area contributed by atoms with Gasteiger partial charge in [-0.15, -0.1) is 0 Å². The fourth-order valence-electron chi connectivity index (χ4n) is 2.87. The smallest absolute Gasteiger partial charge is 0.123 e. The summed E-state index contributed by atoms with van der Waals surface area (Å²) in [6.07, 6.45) is 0. The van der Waals surface area contributed by atoms with Crippen molar-refractivity contribution in [1.29, 1.82) is 0 Å². The van der Waals surface area contributed by atoms with Crippen molar-refractivity contribution in [2.75, 3.05) is 38.3 Å². The lowest BCUT2D eigenvalue weighted by atomic mass is 10.1. The topological polar surface area (TPSA) is 24.5 Å². The maximum Gasteiger partial charge on any atom is 0.123 e. The van der Waals surface area contributed by atoms with Gasteiger partial charge >= 0.3 is 0 Å². The van der Waals surface area contributed by atoms with Crippen molar-refractivity contribution < 1.29 is 9.13 Å². The number of methoxy groups -OCH3 is 1. The van der Waals surface area contributed by atoms with Crippen LogP contribution in [0, 0.1) is 5.82 Å². The average Bonchev–Trinajstić information content (AvgIpc) is 2.47. The molecule has 0 aromatic heterocycles. The molecule has 1 unspecified atom stereocenters. The van der Waals surface area contributed by atoms with E-state index in [9.17, 15) is 4.39 Å². The molecule has 1 fully saturated rings. The molecule has 1 heterocycles. The molecular formula is C16H19FN2O. The van der Waals surface area contributed by atoms with Gasteiger partial charge in [0.1, 0.15) is 5.82 Å². The molecule has 3 rings (SSSR count). The van der Waals surface area contributed by atoms with E-state index in [4.69, 9.17) is 4.74 Å². The van der Waals surface area contributed by atoms with Crippen LogP contribution in [-0.4, -0.2) is 39.4 Å². The van der Waals surface area contributed by atoms with E-state index in [1.165, 1.54) is 11.8 Å². The van der Waals surface area contributed by atoms with Crippen LogP contribution < -0.4 is 10.2 Å². The van der Waals surface area contributed by atoms with Gasteiger partial charge in [0.15, 0.2) is 0 Å². The molecule has 2 aromatic rings. The first-order chi connectivity index (χ1) is 9.78. The lowest BCUT2D eigenvalue weighted by Crippen LogP contribution is -2.52. The summed E-state index contributed by atoms with van der Waals surface area (Å²) in [5, 5.41) is 5.50. The van der Waals surface area contributed by atoms with E-state index in [0.29, 0.717) is 12.6 Å². The maximum atomic E-state index is 13.3. The molecule has 1 aliphatic rings. The van der Waals surface area contributed by atoms with Gasteiger partial charge in [0, 0.05) is 43.9 Å². The second kappa shape index (κ2) is 5.77. The third-order valence-corrected chi connectivity index (χ3v) is 3.78. The van der Waals surface area contributed by atoms with Gasteiger partial charge < -0.3 is 15.0 Å². The molecule has 0 spiro atoms. The number of rotatable bonds is 3. The third kappa shape index (κ3) is 2.62. The minimum absolute atomic E-state index is 0.188. The van der Waals surface area contributed by atoms with E-state index in [-0.39, 0.29) is 5.82 Å². The summed E-state index contributed by atoms with van der Waals surface area (Å²) in [6, 6.07) is 11.4. The molecule has 0 aliphatic carbocycles. The van der Waals surface area contributed by atoms with Crippen molar-refractivity contribution in [2.45, 2.75) is 6.04 Å². The first kappa shape index (κ1) is 13.3. The zero-order chi connectivity index (χ0) is 13.9. The van der Waals surface area contributed by atoms with E-state index < -0.39 is 0 Å². The molecule has 4 heteroatoms. The predicted molar refractivity (Wildman–Crippen MR) is 79.8 cm³/mol. The first-order valence-corrected chi connectivity index (χ1v) is 6.93. The van der Waals surface area contributed by atoms with Crippen LogP contribution in [0.3, 0.4) is 0 Å². The summed E-state index contributed by atoms with van der Waals surface area (Å²) in [4.78, 5) is 2.35. The lowest BCUT2D eigenvalue weighted by molar-refractivity contribution is 0.163. The van der Waals surface area contributed by atoms with Crippen molar-refractivity contribution in [2.24, 2.45) is 0 Å². The normalized spacial score (nSPS) is 19.5. The fourth-order valence-corrected chi connectivity index (χ4v) is 2.87. The highest BCUT2D eigenvalue weighted by Crippen LogP contribution is 2.28. The summed E-state index contributed by atoms with van der Waals surface area (Å²) in [5.41, 5.74) is 1.17. The Kier molecular flexibility index (Phi) is 3.85.